The van der Waals surface area contributed by atoms with Gasteiger partial charge in [-0.2, -0.15) is 0 Å². The van der Waals surface area contributed by atoms with Gasteiger partial charge in [-0.3, -0.25) is 4.90 Å². The van der Waals surface area contributed by atoms with Crippen LogP contribution >= 0.6 is 0 Å². The van der Waals surface area contributed by atoms with E-state index < -0.39 is 0 Å². The van der Waals surface area contributed by atoms with E-state index in [2.05, 4.69) is 29.2 Å². The van der Waals surface area contributed by atoms with Gasteiger partial charge in [0.25, 0.3) is 0 Å². The van der Waals surface area contributed by atoms with E-state index in [1.165, 1.54) is 51.9 Å². The Morgan fingerprint density at radius 1 is 1.33 bits per heavy atom. The maximum atomic E-state index is 3.66. The second kappa shape index (κ2) is 5.28. The standard InChI is InChI=1S/C12H25N3/c1-14(2)8-4-9-15-10-7-13-11-5-3-6-12(11)15/h11-13H,3-10H2,1-2H3/t11-,12-/m1/s1. The fraction of sp³-hybridized carbons (Fsp3) is 1.00. The van der Waals surface area contributed by atoms with Crippen LogP contribution in [0.25, 0.3) is 0 Å². The lowest BCUT2D eigenvalue weighted by Crippen LogP contribution is -2.55. The molecule has 1 saturated heterocycles. The third kappa shape index (κ3) is 2.92. The van der Waals surface area contributed by atoms with Crippen LogP contribution in [0.2, 0.25) is 0 Å². The summed E-state index contributed by atoms with van der Waals surface area (Å²) < 4.78 is 0. The number of piperazine rings is 1. The number of rotatable bonds is 4. The van der Waals surface area contributed by atoms with Crippen LogP contribution in [0.4, 0.5) is 0 Å². The minimum atomic E-state index is 0.804. The van der Waals surface area contributed by atoms with Gasteiger partial charge in [-0.25, -0.2) is 0 Å². The second-order valence-corrected chi connectivity index (χ2v) is 5.25. The molecule has 0 aromatic rings. The molecule has 1 heterocycles. The number of hydrogen-bond donors (Lipinski definition) is 1. The topological polar surface area (TPSA) is 18.5 Å². The Balaban J connectivity index is 1.75. The molecule has 0 unspecified atom stereocenters. The second-order valence-electron chi connectivity index (χ2n) is 5.25. The molecular formula is C12H25N3. The van der Waals surface area contributed by atoms with Gasteiger partial charge in [0, 0.05) is 25.2 Å². The first-order chi connectivity index (χ1) is 7.27. The summed E-state index contributed by atoms with van der Waals surface area (Å²) >= 11 is 0. The predicted octanol–water partition coefficient (Wildman–Crippen LogP) is 0.764. The average molecular weight is 211 g/mol. The third-order valence-corrected chi connectivity index (χ3v) is 3.80. The molecule has 1 aliphatic heterocycles. The highest BCUT2D eigenvalue weighted by molar-refractivity contribution is 4.93. The van der Waals surface area contributed by atoms with Crippen molar-refractivity contribution >= 4 is 0 Å². The summed E-state index contributed by atoms with van der Waals surface area (Å²) in [6, 6.07) is 1.65. The summed E-state index contributed by atoms with van der Waals surface area (Å²) in [4.78, 5) is 5.01. The molecule has 0 aromatic carbocycles. The lowest BCUT2D eigenvalue weighted by atomic mass is 10.1. The fourth-order valence-electron chi connectivity index (χ4n) is 3.04. The summed E-state index contributed by atoms with van der Waals surface area (Å²) in [7, 11) is 4.33. The molecule has 2 aliphatic rings. The van der Waals surface area contributed by atoms with Gasteiger partial charge >= 0.3 is 0 Å². The SMILES string of the molecule is CN(C)CCCN1CCN[C@@H]2CCC[C@H]21. The Labute approximate surface area is 93.8 Å². The number of nitrogens with one attached hydrogen (secondary N) is 1. The van der Waals surface area contributed by atoms with Gasteiger partial charge in [-0.15, -0.1) is 0 Å². The van der Waals surface area contributed by atoms with Crippen LogP contribution in [0.5, 0.6) is 0 Å². The molecule has 0 spiro atoms. The molecule has 0 aromatic heterocycles. The Hall–Kier alpha value is -0.120. The molecule has 88 valence electrons. The van der Waals surface area contributed by atoms with Crippen molar-refractivity contribution in [3.05, 3.63) is 0 Å². The van der Waals surface area contributed by atoms with Crippen molar-refractivity contribution in [3.63, 3.8) is 0 Å². The Bertz CT molecular complexity index is 193. The lowest BCUT2D eigenvalue weighted by Gasteiger charge is -2.38. The van der Waals surface area contributed by atoms with E-state index in [0.29, 0.717) is 0 Å². The first kappa shape index (κ1) is 11.4. The Kier molecular flexibility index (Phi) is 4.00. The smallest absolute Gasteiger partial charge is 0.0249 e. The van der Waals surface area contributed by atoms with Crippen molar-refractivity contribution in [1.29, 1.82) is 0 Å². The van der Waals surface area contributed by atoms with E-state index >= 15 is 0 Å². The molecule has 2 fully saturated rings. The molecule has 2 atom stereocenters. The van der Waals surface area contributed by atoms with Crippen LogP contribution < -0.4 is 5.32 Å². The zero-order valence-corrected chi connectivity index (χ0v) is 10.2. The van der Waals surface area contributed by atoms with Crippen molar-refractivity contribution in [3.8, 4) is 0 Å². The van der Waals surface area contributed by atoms with Crippen molar-refractivity contribution in [1.82, 2.24) is 15.1 Å². The van der Waals surface area contributed by atoms with Crippen LogP contribution in [0.3, 0.4) is 0 Å². The van der Waals surface area contributed by atoms with Crippen molar-refractivity contribution in [2.75, 3.05) is 40.3 Å². The molecule has 15 heavy (non-hydrogen) atoms. The van der Waals surface area contributed by atoms with Crippen molar-refractivity contribution in [2.45, 2.75) is 37.8 Å². The number of fused-ring (bicyclic) bond motifs is 1. The summed E-state index contributed by atoms with van der Waals surface area (Å²) in [5, 5.41) is 3.66. The predicted molar refractivity (Wildman–Crippen MR) is 64.2 cm³/mol. The van der Waals surface area contributed by atoms with E-state index in [0.717, 1.165) is 12.1 Å². The zero-order chi connectivity index (χ0) is 10.7. The van der Waals surface area contributed by atoms with E-state index in [4.69, 9.17) is 0 Å². The van der Waals surface area contributed by atoms with Gasteiger partial charge in [0.05, 0.1) is 0 Å². The maximum absolute atomic E-state index is 3.66. The lowest BCUT2D eigenvalue weighted by molar-refractivity contribution is 0.132. The van der Waals surface area contributed by atoms with Gasteiger partial charge in [0.2, 0.25) is 0 Å². The fourth-order valence-corrected chi connectivity index (χ4v) is 3.04. The zero-order valence-electron chi connectivity index (χ0n) is 10.2. The normalized spacial score (nSPS) is 32.2. The Morgan fingerprint density at radius 2 is 2.20 bits per heavy atom. The van der Waals surface area contributed by atoms with Crippen molar-refractivity contribution < 1.29 is 0 Å². The molecule has 3 nitrogen and oxygen atoms in total. The first-order valence-corrected chi connectivity index (χ1v) is 6.39. The highest BCUT2D eigenvalue weighted by Crippen LogP contribution is 2.26. The van der Waals surface area contributed by atoms with Gasteiger partial charge in [0.15, 0.2) is 0 Å². The van der Waals surface area contributed by atoms with E-state index in [1.54, 1.807) is 0 Å². The average Bonchev–Trinajstić information content (AvgIpc) is 2.65. The number of nitrogens with zero attached hydrogens (tertiary/aromatic N) is 2. The molecule has 0 radical (unpaired) electrons. The van der Waals surface area contributed by atoms with E-state index in [9.17, 15) is 0 Å². The summed E-state index contributed by atoms with van der Waals surface area (Å²) in [5.41, 5.74) is 0. The quantitative estimate of drug-likeness (QED) is 0.741. The summed E-state index contributed by atoms with van der Waals surface area (Å²) in [6.45, 7) is 4.97. The van der Waals surface area contributed by atoms with Gasteiger partial charge in [0.1, 0.15) is 0 Å². The molecule has 0 bridgehead atoms. The highest BCUT2D eigenvalue weighted by Gasteiger charge is 2.34. The molecule has 3 heteroatoms. The Morgan fingerprint density at radius 3 is 3.00 bits per heavy atom. The van der Waals surface area contributed by atoms with Crippen molar-refractivity contribution in [2.24, 2.45) is 0 Å². The summed E-state index contributed by atoms with van der Waals surface area (Å²) in [6.07, 6.45) is 5.55. The monoisotopic (exact) mass is 211 g/mol. The minimum Gasteiger partial charge on any atom is -0.311 e. The third-order valence-electron chi connectivity index (χ3n) is 3.80. The maximum Gasteiger partial charge on any atom is 0.0249 e. The van der Waals surface area contributed by atoms with E-state index in [1.807, 2.05) is 0 Å². The summed E-state index contributed by atoms with van der Waals surface area (Å²) in [5.74, 6) is 0. The first-order valence-electron chi connectivity index (χ1n) is 6.39. The molecule has 0 amide bonds. The number of hydrogen-bond acceptors (Lipinski definition) is 3. The van der Waals surface area contributed by atoms with Crippen LogP contribution in [-0.2, 0) is 0 Å². The van der Waals surface area contributed by atoms with Crippen LogP contribution in [0, 0.1) is 0 Å². The van der Waals surface area contributed by atoms with Crippen LogP contribution in [0.15, 0.2) is 0 Å². The largest absolute Gasteiger partial charge is 0.311 e. The van der Waals surface area contributed by atoms with Crippen LogP contribution in [-0.4, -0.2) is 62.2 Å². The van der Waals surface area contributed by atoms with Gasteiger partial charge in [-0.1, -0.05) is 6.42 Å². The molecular weight excluding hydrogens is 186 g/mol. The highest BCUT2D eigenvalue weighted by atomic mass is 15.2. The van der Waals surface area contributed by atoms with E-state index in [-0.39, 0.29) is 0 Å². The minimum absolute atomic E-state index is 0.804. The molecule has 2 rings (SSSR count). The van der Waals surface area contributed by atoms with Gasteiger partial charge < -0.3 is 10.2 Å². The van der Waals surface area contributed by atoms with Gasteiger partial charge in [-0.05, 0) is 46.4 Å². The molecule has 1 saturated carbocycles. The molecule has 1 aliphatic carbocycles. The van der Waals surface area contributed by atoms with Crippen LogP contribution in [0.1, 0.15) is 25.7 Å². The molecule has 1 N–H and O–H groups in total.